The molecule has 92 valence electrons. The van der Waals surface area contributed by atoms with Crippen molar-refractivity contribution in [1.29, 1.82) is 0 Å². The molecule has 0 amide bonds. The van der Waals surface area contributed by atoms with Crippen LogP contribution in [-0.4, -0.2) is 12.3 Å². The van der Waals surface area contributed by atoms with Crippen molar-refractivity contribution >= 4 is 5.78 Å². The zero-order valence-corrected chi connectivity index (χ0v) is 10.7. The number of carbonyl (C=O) groups excluding carboxylic acids is 1. The normalized spacial score (nSPS) is 11.7. The Balaban J connectivity index is 3.71. The summed E-state index contributed by atoms with van der Waals surface area (Å²) >= 11 is 0. The van der Waals surface area contributed by atoms with Crippen LogP contribution in [0.15, 0.2) is 0 Å². The van der Waals surface area contributed by atoms with E-state index in [9.17, 15) is 4.79 Å². The molecule has 0 saturated carbocycles. The third-order valence-corrected chi connectivity index (χ3v) is 2.81. The maximum atomic E-state index is 11.5. The Kier molecular flexibility index (Phi) is 10.2. The highest BCUT2D eigenvalue weighted by Gasteiger charge is 2.09. The van der Waals surface area contributed by atoms with Crippen molar-refractivity contribution in [2.24, 2.45) is 11.7 Å². The predicted octanol–water partition coefficient (Wildman–Crippen LogP) is 2.90. The van der Waals surface area contributed by atoms with Crippen molar-refractivity contribution in [3.8, 4) is 11.8 Å². The van der Waals surface area contributed by atoms with Gasteiger partial charge < -0.3 is 5.73 Å². The molecule has 2 nitrogen and oxygen atoms in total. The summed E-state index contributed by atoms with van der Waals surface area (Å²) in [6, 6.07) is 0. The molecule has 0 aromatic carbocycles. The first-order chi connectivity index (χ1) is 7.74. The van der Waals surface area contributed by atoms with Crippen LogP contribution < -0.4 is 5.73 Å². The molecule has 2 N–H and O–H groups in total. The van der Waals surface area contributed by atoms with E-state index in [1.165, 1.54) is 12.8 Å². The van der Waals surface area contributed by atoms with E-state index >= 15 is 0 Å². The molecular weight excluding hydrogens is 198 g/mol. The summed E-state index contributed by atoms with van der Waals surface area (Å²) in [5.41, 5.74) is 5.56. The molecule has 0 fully saturated rings. The Morgan fingerprint density at radius 1 is 1.25 bits per heavy atom. The van der Waals surface area contributed by atoms with Crippen molar-refractivity contribution in [3.63, 3.8) is 0 Å². The van der Waals surface area contributed by atoms with Crippen LogP contribution in [0.1, 0.15) is 58.8 Å². The third kappa shape index (κ3) is 8.49. The number of hydrogen-bond acceptors (Lipinski definition) is 2. The molecule has 1 unspecified atom stereocenters. The van der Waals surface area contributed by atoms with Crippen molar-refractivity contribution in [3.05, 3.63) is 0 Å². The van der Waals surface area contributed by atoms with Gasteiger partial charge in [0.25, 0.3) is 0 Å². The van der Waals surface area contributed by atoms with Gasteiger partial charge in [0.2, 0.25) is 0 Å². The molecule has 0 aliphatic rings. The molecule has 0 aromatic rings. The lowest BCUT2D eigenvalue weighted by atomic mass is 9.93. The second-order valence-electron chi connectivity index (χ2n) is 4.24. The van der Waals surface area contributed by atoms with Crippen LogP contribution in [0.5, 0.6) is 0 Å². The number of hydrogen-bond donors (Lipinski definition) is 1. The lowest BCUT2D eigenvalue weighted by Gasteiger charge is -2.13. The minimum Gasteiger partial charge on any atom is -0.330 e. The van der Waals surface area contributed by atoms with E-state index in [-0.39, 0.29) is 0 Å². The van der Waals surface area contributed by atoms with E-state index in [2.05, 4.69) is 18.8 Å². The lowest BCUT2D eigenvalue weighted by molar-refractivity contribution is -0.119. The van der Waals surface area contributed by atoms with Crippen molar-refractivity contribution in [1.82, 2.24) is 0 Å². The summed E-state index contributed by atoms with van der Waals surface area (Å²) in [4.78, 5) is 11.5. The molecule has 0 radical (unpaired) electrons. The zero-order chi connectivity index (χ0) is 12.2. The van der Waals surface area contributed by atoms with Crippen LogP contribution in [-0.2, 0) is 4.79 Å². The first-order valence-corrected chi connectivity index (χ1v) is 6.35. The Labute approximate surface area is 100.0 Å². The summed E-state index contributed by atoms with van der Waals surface area (Å²) in [6.07, 6.45) is 6.46. The minimum absolute atomic E-state index is 0.348. The molecule has 16 heavy (non-hydrogen) atoms. The molecule has 0 aliphatic carbocycles. The first-order valence-electron chi connectivity index (χ1n) is 6.35. The topological polar surface area (TPSA) is 43.1 Å². The summed E-state index contributed by atoms with van der Waals surface area (Å²) < 4.78 is 0. The van der Waals surface area contributed by atoms with Crippen LogP contribution in [0.3, 0.4) is 0 Å². The summed E-state index contributed by atoms with van der Waals surface area (Å²) in [7, 11) is 0. The van der Waals surface area contributed by atoms with Gasteiger partial charge in [0.05, 0.1) is 0 Å². The summed E-state index contributed by atoms with van der Waals surface area (Å²) in [5, 5.41) is 0. The lowest BCUT2D eigenvalue weighted by Crippen LogP contribution is -2.10. The monoisotopic (exact) mass is 223 g/mol. The second-order valence-corrected chi connectivity index (χ2v) is 4.24. The van der Waals surface area contributed by atoms with Crippen LogP contribution >= 0.6 is 0 Å². The van der Waals surface area contributed by atoms with Crippen LogP contribution in [0, 0.1) is 17.8 Å². The van der Waals surface area contributed by atoms with Gasteiger partial charge in [-0.05, 0) is 32.2 Å². The fraction of sp³-hybridized carbons (Fsp3) is 0.786. The molecular formula is C14H25NO. The van der Waals surface area contributed by atoms with Gasteiger partial charge in [-0.3, -0.25) is 4.79 Å². The summed E-state index contributed by atoms with van der Waals surface area (Å²) in [5.74, 6) is 6.72. The quantitative estimate of drug-likeness (QED) is 0.611. The van der Waals surface area contributed by atoms with E-state index in [1.807, 2.05) is 6.92 Å². The Morgan fingerprint density at radius 2 is 2.00 bits per heavy atom. The average Bonchev–Trinajstić information content (AvgIpc) is 2.27. The van der Waals surface area contributed by atoms with Crippen LogP contribution in [0.2, 0.25) is 0 Å². The van der Waals surface area contributed by atoms with Gasteiger partial charge in [-0.15, -0.1) is 11.8 Å². The van der Waals surface area contributed by atoms with E-state index < -0.39 is 0 Å². The third-order valence-electron chi connectivity index (χ3n) is 2.81. The van der Waals surface area contributed by atoms with Gasteiger partial charge in [-0.1, -0.05) is 19.8 Å². The molecule has 2 heteroatoms. The van der Waals surface area contributed by atoms with Crippen molar-refractivity contribution < 1.29 is 4.79 Å². The van der Waals surface area contributed by atoms with Gasteiger partial charge in [-0.2, -0.15) is 0 Å². The highest BCUT2D eigenvalue weighted by atomic mass is 16.1. The Morgan fingerprint density at radius 3 is 2.56 bits per heavy atom. The molecule has 0 heterocycles. The van der Waals surface area contributed by atoms with E-state index in [0.717, 1.165) is 19.4 Å². The van der Waals surface area contributed by atoms with Crippen molar-refractivity contribution in [2.45, 2.75) is 58.8 Å². The number of ketones is 1. The standard InChI is InChI=1S/C14H25NO/c1-3-5-6-8-14(16)10-9-13(7-4-2)11-12-15/h13H,4,6-12,15H2,1-2H3. The molecule has 0 spiro atoms. The van der Waals surface area contributed by atoms with Gasteiger partial charge in [0.1, 0.15) is 5.78 Å². The first kappa shape index (κ1) is 15.2. The smallest absolute Gasteiger partial charge is 0.133 e. The molecule has 0 aliphatic heterocycles. The van der Waals surface area contributed by atoms with Crippen LogP contribution in [0.25, 0.3) is 0 Å². The summed E-state index contributed by atoms with van der Waals surface area (Å²) in [6.45, 7) is 4.73. The number of Topliss-reactive ketones (excluding diaryl/α,β-unsaturated/α-hetero) is 1. The minimum atomic E-state index is 0.348. The molecule has 0 bridgehead atoms. The largest absolute Gasteiger partial charge is 0.330 e. The number of carbonyl (C=O) groups is 1. The number of nitrogens with two attached hydrogens (primary N) is 1. The van der Waals surface area contributed by atoms with Gasteiger partial charge in [0, 0.05) is 19.3 Å². The molecule has 0 aromatic heterocycles. The maximum absolute atomic E-state index is 11.5. The Bertz CT molecular complexity index is 231. The van der Waals surface area contributed by atoms with E-state index in [1.54, 1.807) is 0 Å². The fourth-order valence-electron chi connectivity index (χ4n) is 1.89. The molecule has 1 atom stereocenters. The van der Waals surface area contributed by atoms with E-state index in [4.69, 9.17) is 5.73 Å². The highest BCUT2D eigenvalue weighted by molar-refractivity contribution is 5.78. The molecule has 0 saturated heterocycles. The van der Waals surface area contributed by atoms with Gasteiger partial charge in [-0.25, -0.2) is 0 Å². The Hall–Kier alpha value is -0.810. The van der Waals surface area contributed by atoms with E-state index in [0.29, 0.717) is 31.0 Å². The zero-order valence-electron chi connectivity index (χ0n) is 10.7. The van der Waals surface area contributed by atoms with Gasteiger partial charge in [0.15, 0.2) is 0 Å². The van der Waals surface area contributed by atoms with Crippen LogP contribution in [0.4, 0.5) is 0 Å². The average molecular weight is 223 g/mol. The molecule has 0 rings (SSSR count). The fourth-order valence-corrected chi connectivity index (χ4v) is 1.89. The highest BCUT2D eigenvalue weighted by Crippen LogP contribution is 2.17. The van der Waals surface area contributed by atoms with Gasteiger partial charge >= 0.3 is 0 Å². The SMILES string of the molecule is CC#CCCC(=O)CCC(CCC)CCN. The van der Waals surface area contributed by atoms with Crippen molar-refractivity contribution in [2.75, 3.05) is 6.54 Å². The number of rotatable bonds is 9. The maximum Gasteiger partial charge on any atom is 0.133 e. The second kappa shape index (κ2) is 10.7. The predicted molar refractivity (Wildman–Crippen MR) is 69.0 cm³/mol.